The van der Waals surface area contributed by atoms with Gasteiger partial charge in [0.25, 0.3) is 0 Å². The van der Waals surface area contributed by atoms with Crippen LogP contribution in [0.25, 0.3) is 33.6 Å². The second-order valence-electron chi connectivity index (χ2n) is 7.31. The average Bonchev–Trinajstić information content (AvgIpc) is 3.46. The molecule has 1 aliphatic heterocycles. The molecule has 30 heavy (non-hydrogen) atoms. The molecule has 0 radical (unpaired) electrons. The first-order chi connectivity index (χ1) is 14.6. The normalized spacial score (nSPS) is 16.2. The fourth-order valence-electron chi connectivity index (χ4n) is 4.08. The van der Waals surface area contributed by atoms with Gasteiger partial charge in [0.2, 0.25) is 0 Å². The van der Waals surface area contributed by atoms with Crippen LogP contribution in [0.3, 0.4) is 0 Å². The van der Waals surface area contributed by atoms with Crippen molar-refractivity contribution in [1.82, 2.24) is 24.1 Å². The van der Waals surface area contributed by atoms with Crippen LogP contribution in [0.4, 0.5) is 5.82 Å². The summed E-state index contributed by atoms with van der Waals surface area (Å²) in [6.07, 6.45) is 1.93. The van der Waals surface area contributed by atoms with E-state index in [-0.39, 0.29) is 17.5 Å². The molecule has 1 fully saturated rings. The summed E-state index contributed by atoms with van der Waals surface area (Å²) in [5.41, 5.74) is 9.87. The van der Waals surface area contributed by atoms with Gasteiger partial charge >= 0.3 is 0 Å². The maximum absolute atomic E-state index is 9.46. The summed E-state index contributed by atoms with van der Waals surface area (Å²) in [6.45, 7) is 1.22. The zero-order chi connectivity index (χ0) is 20.8. The highest BCUT2D eigenvalue weighted by Gasteiger charge is 2.27. The lowest BCUT2D eigenvalue weighted by Gasteiger charge is -2.13. The number of nitriles is 2. The van der Waals surface area contributed by atoms with Gasteiger partial charge in [-0.25, -0.2) is 15.0 Å². The number of benzene rings is 1. The standard InChI is InChI=1S/C21H18N8O/c1-28-16-7-3-2-6-13(16)26-20(28)17-18-21(27-15(10-23)14(9-22)25-18)29(19(17)24)11-12-5-4-8-30-12/h2-3,6-7,12H,4-5,8,11,24H2,1H3. The monoisotopic (exact) mass is 398 g/mol. The van der Waals surface area contributed by atoms with Gasteiger partial charge in [0, 0.05) is 13.7 Å². The number of para-hydroxylation sites is 2. The van der Waals surface area contributed by atoms with Crippen molar-refractivity contribution < 1.29 is 4.74 Å². The van der Waals surface area contributed by atoms with Crippen LogP contribution in [0.5, 0.6) is 0 Å². The molecule has 4 aromatic rings. The molecular weight excluding hydrogens is 380 g/mol. The van der Waals surface area contributed by atoms with Gasteiger partial charge in [0.05, 0.1) is 29.2 Å². The van der Waals surface area contributed by atoms with Gasteiger partial charge in [0.15, 0.2) is 17.0 Å². The first kappa shape index (κ1) is 18.1. The van der Waals surface area contributed by atoms with Crippen molar-refractivity contribution in [3.05, 3.63) is 35.7 Å². The molecule has 5 rings (SSSR count). The Morgan fingerprint density at radius 3 is 2.63 bits per heavy atom. The molecule has 9 heteroatoms. The van der Waals surface area contributed by atoms with E-state index in [1.807, 2.05) is 52.6 Å². The van der Waals surface area contributed by atoms with Gasteiger partial charge in [-0.05, 0) is 25.0 Å². The molecule has 1 aliphatic rings. The third-order valence-corrected chi connectivity index (χ3v) is 5.55. The number of ether oxygens (including phenoxy) is 1. The highest BCUT2D eigenvalue weighted by molar-refractivity contribution is 5.99. The number of aryl methyl sites for hydroxylation is 1. The van der Waals surface area contributed by atoms with Gasteiger partial charge < -0.3 is 19.6 Å². The summed E-state index contributed by atoms with van der Waals surface area (Å²) < 4.78 is 9.56. The van der Waals surface area contributed by atoms with Crippen LogP contribution in [-0.4, -0.2) is 36.8 Å². The number of rotatable bonds is 3. The second-order valence-corrected chi connectivity index (χ2v) is 7.31. The molecule has 1 saturated heterocycles. The van der Waals surface area contributed by atoms with Crippen LogP contribution in [0.2, 0.25) is 0 Å². The Hall–Kier alpha value is -3.95. The molecule has 1 unspecified atom stereocenters. The van der Waals surface area contributed by atoms with Crippen molar-refractivity contribution in [2.45, 2.75) is 25.5 Å². The highest BCUT2D eigenvalue weighted by atomic mass is 16.5. The van der Waals surface area contributed by atoms with Crippen molar-refractivity contribution in [3.8, 4) is 23.5 Å². The number of nitrogens with two attached hydrogens (primary N) is 1. The SMILES string of the molecule is Cn1c(-c2c(N)n(CC3CCCO3)c3nc(C#N)c(C#N)nc23)nc2ccccc21. The molecule has 9 nitrogen and oxygen atoms in total. The number of aromatic nitrogens is 5. The first-order valence-electron chi connectivity index (χ1n) is 9.65. The van der Waals surface area contributed by atoms with E-state index in [0.717, 1.165) is 30.5 Å². The largest absolute Gasteiger partial charge is 0.384 e. The Morgan fingerprint density at radius 1 is 1.17 bits per heavy atom. The number of hydrogen-bond acceptors (Lipinski definition) is 7. The lowest BCUT2D eigenvalue weighted by atomic mass is 10.2. The molecule has 3 aromatic heterocycles. The van der Waals surface area contributed by atoms with Crippen molar-refractivity contribution in [1.29, 1.82) is 10.5 Å². The van der Waals surface area contributed by atoms with Gasteiger partial charge in [-0.1, -0.05) is 12.1 Å². The van der Waals surface area contributed by atoms with Gasteiger partial charge in [-0.3, -0.25) is 0 Å². The molecule has 4 heterocycles. The van der Waals surface area contributed by atoms with Gasteiger partial charge in [0.1, 0.15) is 29.3 Å². The number of fused-ring (bicyclic) bond motifs is 2. The zero-order valence-corrected chi connectivity index (χ0v) is 16.3. The molecule has 0 aliphatic carbocycles. The Balaban J connectivity index is 1.82. The van der Waals surface area contributed by atoms with E-state index in [1.165, 1.54) is 0 Å². The van der Waals surface area contributed by atoms with E-state index >= 15 is 0 Å². The van der Waals surface area contributed by atoms with Crippen LogP contribution in [-0.2, 0) is 18.3 Å². The minimum atomic E-state index is -0.0284. The summed E-state index contributed by atoms with van der Waals surface area (Å²) in [5.74, 6) is 1.07. The highest BCUT2D eigenvalue weighted by Crippen LogP contribution is 2.37. The van der Waals surface area contributed by atoms with E-state index < -0.39 is 0 Å². The number of imidazole rings is 1. The summed E-state index contributed by atoms with van der Waals surface area (Å²) in [6, 6.07) is 11.7. The van der Waals surface area contributed by atoms with Crippen LogP contribution >= 0.6 is 0 Å². The smallest absolute Gasteiger partial charge is 0.179 e. The van der Waals surface area contributed by atoms with Crippen molar-refractivity contribution in [3.63, 3.8) is 0 Å². The van der Waals surface area contributed by atoms with Crippen LogP contribution in [0, 0.1) is 22.7 Å². The third kappa shape index (κ3) is 2.60. The van der Waals surface area contributed by atoms with E-state index in [1.54, 1.807) is 0 Å². The molecule has 2 N–H and O–H groups in total. The summed E-state index contributed by atoms with van der Waals surface area (Å²) in [5, 5.41) is 18.9. The molecule has 1 aromatic carbocycles. The van der Waals surface area contributed by atoms with Gasteiger partial charge in [-0.2, -0.15) is 10.5 Å². The van der Waals surface area contributed by atoms with Crippen molar-refractivity contribution in [2.75, 3.05) is 12.3 Å². The molecule has 0 amide bonds. The fourth-order valence-corrected chi connectivity index (χ4v) is 4.08. The minimum Gasteiger partial charge on any atom is -0.384 e. The minimum absolute atomic E-state index is 0.0131. The van der Waals surface area contributed by atoms with Gasteiger partial charge in [-0.15, -0.1) is 0 Å². The zero-order valence-electron chi connectivity index (χ0n) is 16.3. The molecular formula is C21H18N8O. The Morgan fingerprint density at radius 2 is 1.93 bits per heavy atom. The Labute approximate surface area is 172 Å². The first-order valence-corrected chi connectivity index (χ1v) is 9.65. The third-order valence-electron chi connectivity index (χ3n) is 5.55. The maximum atomic E-state index is 9.46. The topological polar surface area (TPSA) is 131 Å². The lowest BCUT2D eigenvalue weighted by Crippen LogP contribution is -2.17. The van der Waals surface area contributed by atoms with Crippen molar-refractivity contribution >= 4 is 28.0 Å². The Kier molecular flexibility index (Phi) is 4.12. The molecule has 1 atom stereocenters. The predicted octanol–water partition coefficient (Wildman–Crippen LogP) is 2.49. The molecule has 148 valence electrons. The van der Waals surface area contributed by atoms with Crippen LogP contribution in [0.15, 0.2) is 24.3 Å². The van der Waals surface area contributed by atoms with E-state index in [9.17, 15) is 10.5 Å². The molecule has 0 bridgehead atoms. The quantitative estimate of drug-likeness (QED) is 0.561. The predicted molar refractivity (Wildman–Crippen MR) is 110 cm³/mol. The van der Waals surface area contributed by atoms with E-state index in [2.05, 4.69) is 9.97 Å². The fraction of sp³-hybridized carbons (Fsp3) is 0.286. The summed E-state index contributed by atoms with van der Waals surface area (Å²) >= 11 is 0. The van der Waals surface area contributed by atoms with E-state index in [4.69, 9.17) is 15.5 Å². The molecule has 0 saturated carbocycles. The van der Waals surface area contributed by atoms with E-state index in [0.29, 0.717) is 34.9 Å². The Bertz CT molecular complexity index is 1380. The number of hydrogen-bond donors (Lipinski definition) is 1. The summed E-state index contributed by atoms with van der Waals surface area (Å²) in [4.78, 5) is 13.7. The number of nitrogen functional groups attached to an aromatic ring is 1. The maximum Gasteiger partial charge on any atom is 0.179 e. The average molecular weight is 398 g/mol. The second kappa shape index (κ2) is 6.83. The summed E-state index contributed by atoms with van der Waals surface area (Å²) in [7, 11) is 1.91. The number of nitrogens with zero attached hydrogens (tertiary/aromatic N) is 7. The molecule has 0 spiro atoms. The number of anilines is 1. The van der Waals surface area contributed by atoms with Crippen LogP contribution < -0.4 is 5.73 Å². The van der Waals surface area contributed by atoms with Crippen molar-refractivity contribution in [2.24, 2.45) is 7.05 Å². The lowest BCUT2D eigenvalue weighted by molar-refractivity contribution is 0.0983. The van der Waals surface area contributed by atoms with Crippen LogP contribution in [0.1, 0.15) is 24.2 Å².